The summed E-state index contributed by atoms with van der Waals surface area (Å²) < 4.78 is 32.6. The molecule has 2 rings (SSSR count). The van der Waals surface area contributed by atoms with Crippen LogP contribution >= 0.6 is 0 Å². The molecule has 114 valence electrons. The van der Waals surface area contributed by atoms with Crippen molar-refractivity contribution in [2.24, 2.45) is 0 Å². The summed E-state index contributed by atoms with van der Waals surface area (Å²) in [4.78, 5) is 0.251. The van der Waals surface area contributed by atoms with Crippen LogP contribution in [0.15, 0.2) is 39.6 Å². The maximum absolute atomic E-state index is 12.9. The molecule has 0 radical (unpaired) electrons. The van der Waals surface area contributed by atoms with E-state index in [1.807, 2.05) is 18.2 Å². The summed E-state index contributed by atoms with van der Waals surface area (Å²) in [6, 6.07) is 8.99. The fourth-order valence-electron chi connectivity index (χ4n) is 2.34. The maximum Gasteiger partial charge on any atom is 0.267 e. The topological polar surface area (TPSA) is 62.6 Å². The first-order valence-corrected chi connectivity index (χ1v) is 8.11. The van der Waals surface area contributed by atoms with E-state index in [1.54, 1.807) is 40.1 Å². The van der Waals surface area contributed by atoms with Crippen molar-refractivity contribution in [1.82, 2.24) is 5.32 Å². The van der Waals surface area contributed by atoms with Gasteiger partial charge in [0.1, 0.15) is 16.4 Å². The van der Waals surface area contributed by atoms with E-state index < -0.39 is 10.0 Å². The molecule has 0 aliphatic heterocycles. The van der Waals surface area contributed by atoms with Gasteiger partial charge in [0, 0.05) is 19.2 Å². The number of aryl methyl sites for hydroxylation is 2. The van der Waals surface area contributed by atoms with Crippen LogP contribution in [0.2, 0.25) is 0 Å². The Kier molecular flexibility index (Phi) is 4.39. The second-order valence-corrected chi connectivity index (χ2v) is 6.77. The minimum atomic E-state index is -3.66. The van der Waals surface area contributed by atoms with Gasteiger partial charge in [0.05, 0.1) is 5.69 Å². The normalized spacial score (nSPS) is 11.6. The zero-order valence-electron chi connectivity index (χ0n) is 12.7. The number of sulfonamides is 1. The van der Waals surface area contributed by atoms with Crippen molar-refractivity contribution in [3.05, 3.63) is 47.4 Å². The van der Waals surface area contributed by atoms with Crippen LogP contribution < -0.4 is 9.62 Å². The molecule has 0 fully saturated rings. The second-order valence-electron chi connectivity index (χ2n) is 4.86. The molecule has 5 nitrogen and oxygen atoms in total. The van der Waals surface area contributed by atoms with Gasteiger partial charge < -0.3 is 9.73 Å². The summed E-state index contributed by atoms with van der Waals surface area (Å²) in [7, 11) is -0.327. The molecular weight excluding hydrogens is 288 g/mol. The van der Waals surface area contributed by atoms with Crippen molar-refractivity contribution in [3.63, 3.8) is 0 Å². The quantitative estimate of drug-likeness (QED) is 0.921. The zero-order chi connectivity index (χ0) is 15.6. The van der Waals surface area contributed by atoms with Crippen molar-refractivity contribution >= 4 is 15.7 Å². The van der Waals surface area contributed by atoms with Gasteiger partial charge in [-0.25, -0.2) is 8.42 Å². The van der Waals surface area contributed by atoms with Crippen molar-refractivity contribution in [2.75, 3.05) is 18.4 Å². The Balaban J connectivity index is 2.54. The van der Waals surface area contributed by atoms with Crippen molar-refractivity contribution < 1.29 is 12.8 Å². The van der Waals surface area contributed by atoms with Crippen LogP contribution in [-0.2, 0) is 16.6 Å². The summed E-state index contributed by atoms with van der Waals surface area (Å²) in [5.41, 5.74) is 1.30. The number of rotatable bonds is 5. The average molecular weight is 308 g/mol. The monoisotopic (exact) mass is 308 g/mol. The molecule has 2 aromatic rings. The fraction of sp³-hybridized carbons (Fsp3) is 0.333. The van der Waals surface area contributed by atoms with Gasteiger partial charge in [-0.3, -0.25) is 4.31 Å². The predicted octanol–water partition coefficient (Wildman–Crippen LogP) is 2.44. The summed E-state index contributed by atoms with van der Waals surface area (Å²) in [5, 5.41) is 2.99. The lowest BCUT2D eigenvalue weighted by molar-refractivity contribution is 0.493. The number of anilines is 1. The Morgan fingerprint density at radius 3 is 2.33 bits per heavy atom. The first-order valence-electron chi connectivity index (χ1n) is 6.67. The largest absolute Gasteiger partial charge is 0.465 e. The van der Waals surface area contributed by atoms with Crippen LogP contribution in [0.1, 0.15) is 17.1 Å². The number of nitrogens with zero attached hydrogens (tertiary/aromatic N) is 1. The molecule has 1 heterocycles. The highest BCUT2D eigenvalue weighted by Crippen LogP contribution is 2.30. The van der Waals surface area contributed by atoms with Gasteiger partial charge in [0.25, 0.3) is 10.0 Å². The van der Waals surface area contributed by atoms with E-state index in [4.69, 9.17) is 4.42 Å². The molecule has 1 aromatic heterocycles. The molecule has 0 unspecified atom stereocenters. The lowest BCUT2D eigenvalue weighted by atomic mass is 10.2. The summed E-state index contributed by atoms with van der Waals surface area (Å²) in [5.74, 6) is 1.04. The molecule has 0 aliphatic carbocycles. The third kappa shape index (κ3) is 2.82. The standard InChI is InChI=1S/C15H20N2O3S/c1-11-14(10-16-3)15(12(2)20-11)21(18,19)17(4)13-8-6-5-7-9-13/h5-9,16H,10H2,1-4H3. The Bertz CT molecular complexity index is 721. The average Bonchev–Trinajstić information content (AvgIpc) is 2.74. The molecule has 1 aromatic carbocycles. The Morgan fingerprint density at radius 2 is 1.76 bits per heavy atom. The van der Waals surface area contributed by atoms with E-state index in [1.165, 1.54) is 4.31 Å². The Hall–Kier alpha value is -1.79. The third-order valence-electron chi connectivity index (χ3n) is 3.42. The van der Waals surface area contributed by atoms with Crippen LogP contribution in [0.5, 0.6) is 0 Å². The number of benzene rings is 1. The highest BCUT2D eigenvalue weighted by atomic mass is 32.2. The maximum atomic E-state index is 12.9. The fourth-order valence-corrected chi connectivity index (χ4v) is 3.95. The molecule has 0 aliphatic rings. The molecule has 0 saturated heterocycles. The zero-order valence-corrected chi connectivity index (χ0v) is 13.5. The smallest absolute Gasteiger partial charge is 0.267 e. The van der Waals surface area contributed by atoms with Crippen LogP contribution in [0.25, 0.3) is 0 Å². The number of furan rings is 1. The van der Waals surface area contributed by atoms with Gasteiger partial charge in [-0.1, -0.05) is 18.2 Å². The first-order chi connectivity index (χ1) is 9.89. The van der Waals surface area contributed by atoms with Gasteiger partial charge in [0.2, 0.25) is 0 Å². The number of nitrogens with one attached hydrogen (secondary N) is 1. The van der Waals surface area contributed by atoms with Gasteiger partial charge >= 0.3 is 0 Å². The van der Waals surface area contributed by atoms with Crippen LogP contribution in [0.3, 0.4) is 0 Å². The summed E-state index contributed by atoms with van der Waals surface area (Å²) >= 11 is 0. The third-order valence-corrected chi connectivity index (χ3v) is 5.40. The predicted molar refractivity (Wildman–Crippen MR) is 83.0 cm³/mol. The van der Waals surface area contributed by atoms with Gasteiger partial charge in [-0.05, 0) is 33.0 Å². The number of hydrogen-bond donors (Lipinski definition) is 1. The van der Waals surface area contributed by atoms with E-state index in [0.29, 0.717) is 29.3 Å². The van der Waals surface area contributed by atoms with Crippen LogP contribution in [0, 0.1) is 13.8 Å². The van der Waals surface area contributed by atoms with Crippen LogP contribution in [0.4, 0.5) is 5.69 Å². The van der Waals surface area contributed by atoms with E-state index >= 15 is 0 Å². The van der Waals surface area contributed by atoms with E-state index in [9.17, 15) is 8.42 Å². The number of hydrogen-bond acceptors (Lipinski definition) is 4. The Morgan fingerprint density at radius 1 is 1.14 bits per heavy atom. The first kappa shape index (κ1) is 15.6. The van der Waals surface area contributed by atoms with Crippen molar-refractivity contribution in [3.8, 4) is 0 Å². The van der Waals surface area contributed by atoms with E-state index in [2.05, 4.69) is 5.32 Å². The minimum absolute atomic E-state index is 0.251. The van der Waals surface area contributed by atoms with Gasteiger partial charge in [-0.2, -0.15) is 0 Å². The molecule has 0 amide bonds. The summed E-state index contributed by atoms with van der Waals surface area (Å²) in [6.45, 7) is 3.90. The molecule has 21 heavy (non-hydrogen) atoms. The summed E-state index contributed by atoms with van der Waals surface area (Å²) in [6.07, 6.45) is 0. The lowest BCUT2D eigenvalue weighted by Crippen LogP contribution is -2.28. The highest BCUT2D eigenvalue weighted by Gasteiger charge is 2.30. The molecule has 0 spiro atoms. The molecule has 6 heteroatoms. The molecule has 0 saturated carbocycles. The van der Waals surface area contributed by atoms with Gasteiger partial charge in [-0.15, -0.1) is 0 Å². The molecule has 1 N–H and O–H groups in total. The van der Waals surface area contributed by atoms with Gasteiger partial charge in [0.15, 0.2) is 0 Å². The SMILES string of the molecule is CNCc1c(C)oc(C)c1S(=O)(=O)N(C)c1ccccc1. The highest BCUT2D eigenvalue weighted by molar-refractivity contribution is 7.92. The van der Waals surface area contributed by atoms with Crippen molar-refractivity contribution in [1.29, 1.82) is 0 Å². The molecular formula is C15H20N2O3S. The van der Waals surface area contributed by atoms with Crippen LogP contribution in [-0.4, -0.2) is 22.5 Å². The number of para-hydroxylation sites is 1. The Labute approximate surface area is 125 Å². The minimum Gasteiger partial charge on any atom is -0.465 e. The van der Waals surface area contributed by atoms with E-state index in [0.717, 1.165) is 0 Å². The van der Waals surface area contributed by atoms with E-state index in [-0.39, 0.29) is 4.90 Å². The van der Waals surface area contributed by atoms with Crippen molar-refractivity contribution in [2.45, 2.75) is 25.3 Å². The molecule has 0 bridgehead atoms. The molecule has 0 atom stereocenters. The lowest BCUT2D eigenvalue weighted by Gasteiger charge is -2.20. The second kappa shape index (κ2) is 5.91.